The normalized spacial score (nSPS) is 17.4. The minimum absolute atomic E-state index is 0.0574. The van der Waals surface area contributed by atoms with Crippen molar-refractivity contribution in [2.24, 2.45) is 0 Å². The number of aromatic nitrogens is 1. The molecule has 0 atom stereocenters. The summed E-state index contributed by atoms with van der Waals surface area (Å²) in [5, 5.41) is 11.2. The molecule has 1 aliphatic rings. The number of carbonyl (C=O) groups is 1. The predicted octanol–water partition coefficient (Wildman–Crippen LogP) is 2.18. The third-order valence-corrected chi connectivity index (χ3v) is 4.24. The molecule has 19 heavy (non-hydrogen) atoms. The lowest BCUT2D eigenvalue weighted by atomic mass is 10.0. The van der Waals surface area contributed by atoms with Crippen LogP contribution >= 0.6 is 11.8 Å². The molecule has 0 aromatic carbocycles. The number of pyridine rings is 1. The van der Waals surface area contributed by atoms with E-state index in [4.69, 9.17) is 0 Å². The number of amides is 1. The maximum atomic E-state index is 12.3. The van der Waals surface area contributed by atoms with Crippen LogP contribution in [-0.4, -0.2) is 46.3 Å². The van der Waals surface area contributed by atoms with E-state index >= 15 is 0 Å². The summed E-state index contributed by atoms with van der Waals surface area (Å²) in [6, 6.07) is 3.51. The highest BCUT2D eigenvalue weighted by atomic mass is 32.2. The molecule has 0 spiro atoms. The van der Waals surface area contributed by atoms with Crippen molar-refractivity contribution >= 4 is 17.7 Å². The largest absolute Gasteiger partial charge is 0.388 e. The molecule has 1 saturated carbocycles. The lowest BCUT2D eigenvalue weighted by molar-refractivity contribution is 0.0156. The van der Waals surface area contributed by atoms with Gasteiger partial charge in [-0.3, -0.25) is 4.79 Å². The summed E-state index contributed by atoms with van der Waals surface area (Å²) >= 11 is 1.51. The second-order valence-electron chi connectivity index (χ2n) is 5.18. The van der Waals surface area contributed by atoms with Gasteiger partial charge < -0.3 is 10.0 Å². The molecular weight excluding hydrogens is 260 g/mol. The minimum Gasteiger partial charge on any atom is -0.388 e. The van der Waals surface area contributed by atoms with E-state index in [-0.39, 0.29) is 5.91 Å². The van der Waals surface area contributed by atoms with Crippen LogP contribution in [0, 0.1) is 0 Å². The third-order valence-electron chi connectivity index (χ3n) is 3.60. The van der Waals surface area contributed by atoms with Crippen LogP contribution in [0.5, 0.6) is 0 Å². The number of carbonyl (C=O) groups excluding carboxylic acids is 1. The van der Waals surface area contributed by atoms with Gasteiger partial charge in [0.2, 0.25) is 0 Å². The number of likely N-dealkylation sites (N-methyl/N-ethyl adjacent to an activating group) is 1. The highest BCUT2D eigenvalue weighted by Crippen LogP contribution is 2.30. The zero-order valence-electron chi connectivity index (χ0n) is 11.4. The van der Waals surface area contributed by atoms with Gasteiger partial charge in [0.15, 0.2) is 0 Å². The van der Waals surface area contributed by atoms with Gasteiger partial charge in [0.1, 0.15) is 0 Å². The summed E-state index contributed by atoms with van der Waals surface area (Å²) < 4.78 is 0. The SMILES string of the molecule is CSc1cc(C(=O)N(C)CC2(O)CCCC2)ccn1. The molecule has 4 nitrogen and oxygen atoms in total. The van der Waals surface area contributed by atoms with Gasteiger partial charge in [0, 0.05) is 25.4 Å². The molecule has 1 aromatic rings. The van der Waals surface area contributed by atoms with Gasteiger partial charge in [0.25, 0.3) is 5.91 Å². The first-order valence-corrected chi connectivity index (χ1v) is 7.74. The maximum absolute atomic E-state index is 12.3. The molecule has 1 aromatic heterocycles. The summed E-state index contributed by atoms with van der Waals surface area (Å²) in [6.45, 7) is 0.406. The van der Waals surface area contributed by atoms with Crippen LogP contribution in [0.3, 0.4) is 0 Å². The van der Waals surface area contributed by atoms with Crippen molar-refractivity contribution < 1.29 is 9.90 Å². The second kappa shape index (κ2) is 5.92. The van der Waals surface area contributed by atoms with Gasteiger partial charge in [-0.05, 0) is 31.2 Å². The molecule has 1 fully saturated rings. The summed E-state index contributed by atoms with van der Waals surface area (Å²) in [5.74, 6) is -0.0574. The highest BCUT2D eigenvalue weighted by Gasteiger charge is 2.33. The molecule has 1 amide bonds. The predicted molar refractivity (Wildman–Crippen MR) is 76.4 cm³/mol. The van der Waals surface area contributed by atoms with E-state index in [0.29, 0.717) is 12.1 Å². The number of thioether (sulfide) groups is 1. The van der Waals surface area contributed by atoms with Crippen LogP contribution in [-0.2, 0) is 0 Å². The number of hydrogen-bond acceptors (Lipinski definition) is 4. The van der Waals surface area contributed by atoms with Gasteiger partial charge in [-0.1, -0.05) is 12.8 Å². The van der Waals surface area contributed by atoms with Crippen molar-refractivity contribution in [3.8, 4) is 0 Å². The molecule has 0 unspecified atom stereocenters. The van der Waals surface area contributed by atoms with E-state index in [1.54, 1.807) is 30.3 Å². The Hall–Kier alpha value is -1.07. The quantitative estimate of drug-likeness (QED) is 0.859. The fourth-order valence-electron chi connectivity index (χ4n) is 2.58. The molecule has 2 rings (SSSR count). The monoisotopic (exact) mass is 280 g/mol. The van der Waals surface area contributed by atoms with Crippen molar-refractivity contribution in [1.29, 1.82) is 0 Å². The fraction of sp³-hybridized carbons (Fsp3) is 0.571. The Bertz CT molecular complexity index is 459. The van der Waals surface area contributed by atoms with E-state index in [1.165, 1.54) is 11.8 Å². The molecule has 5 heteroatoms. The highest BCUT2D eigenvalue weighted by molar-refractivity contribution is 7.98. The Labute approximate surface area is 118 Å². The summed E-state index contributed by atoms with van der Waals surface area (Å²) in [7, 11) is 1.75. The van der Waals surface area contributed by atoms with Crippen molar-refractivity contribution in [3.63, 3.8) is 0 Å². The van der Waals surface area contributed by atoms with E-state index < -0.39 is 5.60 Å². The first-order valence-electron chi connectivity index (χ1n) is 6.52. The van der Waals surface area contributed by atoms with Crippen molar-refractivity contribution in [2.45, 2.75) is 36.3 Å². The standard InChI is InChI=1S/C14H20N2O2S/c1-16(10-14(18)6-3-4-7-14)13(17)11-5-8-15-12(9-11)19-2/h5,8-9,18H,3-4,6-7,10H2,1-2H3. The first-order chi connectivity index (χ1) is 9.04. The summed E-state index contributed by atoms with van der Waals surface area (Å²) in [5.41, 5.74) is -0.0665. The van der Waals surface area contributed by atoms with Gasteiger partial charge in [-0.25, -0.2) is 4.98 Å². The zero-order chi connectivity index (χ0) is 13.9. The van der Waals surface area contributed by atoms with E-state index in [1.807, 2.05) is 6.26 Å². The summed E-state index contributed by atoms with van der Waals surface area (Å²) in [6.07, 6.45) is 7.25. The Morgan fingerprint density at radius 3 is 2.84 bits per heavy atom. The van der Waals surface area contributed by atoms with E-state index in [2.05, 4.69) is 4.98 Å². The Kier molecular flexibility index (Phi) is 4.47. The molecular formula is C14H20N2O2S. The molecule has 0 bridgehead atoms. The molecule has 1 heterocycles. The Balaban J connectivity index is 2.05. The van der Waals surface area contributed by atoms with Crippen molar-refractivity contribution in [2.75, 3.05) is 19.8 Å². The van der Waals surface area contributed by atoms with E-state index in [9.17, 15) is 9.90 Å². The van der Waals surface area contributed by atoms with Crippen LogP contribution in [0.4, 0.5) is 0 Å². The first kappa shape index (κ1) is 14.3. The van der Waals surface area contributed by atoms with Crippen LogP contribution in [0.25, 0.3) is 0 Å². The lowest BCUT2D eigenvalue weighted by Crippen LogP contribution is -2.42. The van der Waals surface area contributed by atoms with Crippen LogP contribution in [0.2, 0.25) is 0 Å². The van der Waals surface area contributed by atoms with Gasteiger partial charge >= 0.3 is 0 Å². The van der Waals surface area contributed by atoms with Crippen LogP contribution in [0.1, 0.15) is 36.0 Å². The second-order valence-corrected chi connectivity index (χ2v) is 6.01. The topological polar surface area (TPSA) is 53.4 Å². The summed E-state index contributed by atoms with van der Waals surface area (Å²) in [4.78, 5) is 18.1. The molecule has 0 saturated heterocycles. The lowest BCUT2D eigenvalue weighted by Gasteiger charge is -2.28. The number of nitrogens with zero attached hydrogens (tertiary/aromatic N) is 2. The smallest absolute Gasteiger partial charge is 0.253 e. The maximum Gasteiger partial charge on any atom is 0.253 e. The molecule has 1 aliphatic carbocycles. The van der Waals surface area contributed by atoms with Crippen LogP contribution in [0.15, 0.2) is 23.4 Å². The Morgan fingerprint density at radius 1 is 1.53 bits per heavy atom. The third kappa shape index (κ3) is 3.48. The van der Waals surface area contributed by atoms with Gasteiger partial charge in [-0.15, -0.1) is 11.8 Å². The number of rotatable bonds is 4. The van der Waals surface area contributed by atoms with Crippen molar-refractivity contribution in [3.05, 3.63) is 23.9 Å². The van der Waals surface area contributed by atoms with Gasteiger partial charge in [0.05, 0.1) is 10.6 Å². The van der Waals surface area contributed by atoms with Crippen LogP contribution < -0.4 is 0 Å². The fourth-order valence-corrected chi connectivity index (χ4v) is 2.99. The van der Waals surface area contributed by atoms with Gasteiger partial charge in [-0.2, -0.15) is 0 Å². The molecule has 0 aliphatic heterocycles. The average molecular weight is 280 g/mol. The molecule has 104 valence electrons. The Morgan fingerprint density at radius 2 is 2.21 bits per heavy atom. The average Bonchev–Trinajstić information content (AvgIpc) is 2.84. The number of aliphatic hydroxyl groups is 1. The zero-order valence-corrected chi connectivity index (χ0v) is 12.2. The minimum atomic E-state index is -0.695. The molecule has 0 radical (unpaired) electrons. The molecule has 1 N–H and O–H groups in total. The number of hydrogen-bond donors (Lipinski definition) is 1. The van der Waals surface area contributed by atoms with Crippen molar-refractivity contribution in [1.82, 2.24) is 9.88 Å². The van der Waals surface area contributed by atoms with E-state index in [0.717, 1.165) is 30.7 Å².